The number of aromatic nitrogens is 4. The van der Waals surface area contributed by atoms with Crippen molar-refractivity contribution >= 4 is 40.6 Å². The van der Waals surface area contributed by atoms with Crippen LogP contribution in [-0.4, -0.2) is 66.4 Å². The number of aromatic amines is 1. The number of carboxylic acids is 1. The van der Waals surface area contributed by atoms with Gasteiger partial charge in [0.1, 0.15) is 6.04 Å². The van der Waals surface area contributed by atoms with Crippen LogP contribution < -0.4 is 21.9 Å². The second kappa shape index (κ2) is 11.0. The highest BCUT2D eigenvalue weighted by molar-refractivity contribution is 5.97. The van der Waals surface area contributed by atoms with E-state index in [0.29, 0.717) is 11.4 Å². The molecular weight excluding hydrogens is 480 g/mol. The number of amides is 2. The number of anilines is 2. The van der Waals surface area contributed by atoms with Crippen molar-refractivity contribution in [1.29, 1.82) is 0 Å². The van der Waals surface area contributed by atoms with Gasteiger partial charge in [-0.25, -0.2) is 14.8 Å². The molecular formula is C24H30N8O5. The largest absolute Gasteiger partial charge is 0.480 e. The van der Waals surface area contributed by atoms with Crippen molar-refractivity contribution in [3.8, 4) is 0 Å². The van der Waals surface area contributed by atoms with Gasteiger partial charge in [0.15, 0.2) is 11.2 Å². The van der Waals surface area contributed by atoms with E-state index in [9.17, 15) is 24.3 Å². The molecule has 0 bridgehead atoms. The third-order valence-electron chi connectivity index (χ3n) is 5.74. The molecule has 0 radical (unpaired) electrons. The first-order valence-corrected chi connectivity index (χ1v) is 11.5. The van der Waals surface area contributed by atoms with Crippen molar-refractivity contribution in [3.63, 3.8) is 0 Å². The Morgan fingerprint density at radius 2 is 1.84 bits per heavy atom. The molecule has 2 aromatic heterocycles. The number of nitrogen functional groups attached to an aromatic ring is 1. The molecule has 0 aliphatic carbocycles. The van der Waals surface area contributed by atoms with Crippen molar-refractivity contribution in [2.75, 3.05) is 18.1 Å². The summed E-state index contributed by atoms with van der Waals surface area (Å²) in [5.74, 6) is -2.03. The Bertz CT molecular complexity index is 1360. The molecule has 0 saturated heterocycles. The summed E-state index contributed by atoms with van der Waals surface area (Å²) in [6.45, 7) is 5.88. The number of nitrogens with zero attached hydrogens (tertiary/aromatic N) is 4. The molecule has 2 amide bonds. The van der Waals surface area contributed by atoms with Crippen molar-refractivity contribution in [2.24, 2.45) is 0 Å². The highest BCUT2D eigenvalue weighted by atomic mass is 16.4. The molecule has 0 spiro atoms. The lowest BCUT2D eigenvalue weighted by Crippen LogP contribution is -2.45. The van der Waals surface area contributed by atoms with Gasteiger partial charge in [0, 0.05) is 30.3 Å². The Morgan fingerprint density at radius 3 is 2.46 bits per heavy atom. The quantitative estimate of drug-likeness (QED) is 0.278. The molecule has 196 valence electrons. The van der Waals surface area contributed by atoms with E-state index in [2.05, 4.69) is 30.6 Å². The van der Waals surface area contributed by atoms with Crippen LogP contribution in [0.1, 0.15) is 49.7 Å². The van der Waals surface area contributed by atoms with E-state index in [1.165, 1.54) is 6.20 Å². The van der Waals surface area contributed by atoms with E-state index < -0.39 is 23.5 Å². The van der Waals surface area contributed by atoms with Crippen LogP contribution >= 0.6 is 0 Å². The average Bonchev–Trinajstić information content (AvgIpc) is 2.84. The van der Waals surface area contributed by atoms with Gasteiger partial charge in [0.05, 0.1) is 18.4 Å². The van der Waals surface area contributed by atoms with Gasteiger partial charge in [-0.3, -0.25) is 19.4 Å². The van der Waals surface area contributed by atoms with Crippen LogP contribution in [-0.2, 0) is 16.1 Å². The smallest absolute Gasteiger partial charge is 0.326 e. The minimum atomic E-state index is -1.22. The van der Waals surface area contributed by atoms with E-state index in [1.807, 2.05) is 20.8 Å². The summed E-state index contributed by atoms with van der Waals surface area (Å²) in [5, 5.41) is 15.1. The Kier molecular flexibility index (Phi) is 8.05. The van der Waals surface area contributed by atoms with Crippen molar-refractivity contribution in [3.05, 3.63) is 52.1 Å². The van der Waals surface area contributed by atoms with Crippen molar-refractivity contribution < 1.29 is 19.5 Å². The first-order valence-electron chi connectivity index (χ1n) is 11.5. The van der Waals surface area contributed by atoms with E-state index in [0.717, 1.165) is 0 Å². The standard InChI is InChI=1S/C24H30N8O5/c1-24(2,3)32(4)17(33)10-9-16(22(36)37)29-20(34)13-5-7-14(8-6-13)26-11-15-12-27-19-18(28-15)21(35)31-23(25)30-19/h5-8,12,16,26H,9-11H2,1-4H3,(H,29,34)(H,36,37)(H3,25,27,30,31,35)/t16-/m0/s1. The zero-order chi connectivity index (χ0) is 27.3. The summed E-state index contributed by atoms with van der Waals surface area (Å²) in [6.07, 6.45) is 1.43. The molecule has 1 atom stereocenters. The zero-order valence-corrected chi connectivity index (χ0v) is 21.0. The number of fused-ring (bicyclic) bond motifs is 1. The van der Waals surface area contributed by atoms with Gasteiger partial charge in [-0.1, -0.05) is 0 Å². The number of nitrogens with two attached hydrogens (primary N) is 1. The lowest BCUT2D eigenvalue weighted by Gasteiger charge is -2.32. The second-order valence-electron chi connectivity index (χ2n) is 9.44. The monoisotopic (exact) mass is 510 g/mol. The Balaban J connectivity index is 1.58. The number of aliphatic carboxylic acids is 1. The summed E-state index contributed by atoms with van der Waals surface area (Å²) in [4.78, 5) is 64.8. The molecule has 0 aliphatic rings. The topological polar surface area (TPSA) is 196 Å². The van der Waals surface area contributed by atoms with Gasteiger partial charge in [0.25, 0.3) is 11.5 Å². The first kappa shape index (κ1) is 27.0. The molecule has 3 aromatic rings. The maximum absolute atomic E-state index is 12.6. The molecule has 13 nitrogen and oxygen atoms in total. The molecule has 37 heavy (non-hydrogen) atoms. The van der Waals surface area contributed by atoms with Gasteiger partial charge in [-0.05, 0) is 51.5 Å². The summed E-state index contributed by atoms with van der Waals surface area (Å²) in [7, 11) is 1.66. The van der Waals surface area contributed by atoms with Crippen LogP contribution in [0.4, 0.5) is 11.6 Å². The predicted molar refractivity (Wildman–Crippen MR) is 137 cm³/mol. The van der Waals surface area contributed by atoms with E-state index >= 15 is 0 Å². The molecule has 3 rings (SSSR count). The summed E-state index contributed by atoms with van der Waals surface area (Å²) >= 11 is 0. The minimum absolute atomic E-state index is 0.0130. The van der Waals surface area contributed by atoms with Crippen molar-refractivity contribution in [1.82, 2.24) is 30.2 Å². The zero-order valence-electron chi connectivity index (χ0n) is 21.0. The van der Waals surface area contributed by atoms with Crippen LogP contribution in [0.2, 0.25) is 0 Å². The van der Waals surface area contributed by atoms with Crippen molar-refractivity contribution in [2.45, 2.75) is 51.7 Å². The Labute approximate surface area is 212 Å². The van der Waals surface area contributed by atoms with Crippen LogP contribution in [0.5, 0.6) is 0 Å². The van der Waals surface area contributed by atoms with Gasteiger partial charge in [-0.2, -0.15) is 4.98 Å². The number of carboxylic acid groups (broad SMARTS) is 1. The Hall–Kier alpha value is -4.55. The third-order valence-corrected chi connectivity index (χ3v) is 5.74. The van der Waals surface area contributed by atoms with Crippen LogP contribution in [0.15, 0.2) is 35.3 Å². The highest BCUT2D eigenvalue weighted by Crippen LogP contribution is 2.15. The fourth-order valence-electron chi connectivity index (χ4n) is 3.30. The number of hydrogen-bond acceptors (Lipinski definition) is 9. The fourth-order valence-corrected chi connectivity index (χ4v) is 3.30. The van der Waals surface area contributed by atoms with Crippen LogP contribution in [0.25, 0.3) is 11.2 Å². The third kappa shape index (κ3) is 6.99. The predicted octanol–water partition coefficient (Wildman–Crippen LogP) is 1.13. The summed E-state index contributed by atoms with van der Waals surface area (Å²) in [6, 6.07) is 5.17. The molecule has 0 unspecified atom stereocenters. The van der Waals surface area contributed by atoms with Gasteiger partial charge in [0.2, 0.25) is 11.9 Å². The maximum Gasteiger partial charge on any atom is 0.326 e. The number of nitrogens with one attached hydrogen (secondary N) is 3. The van der Waals surface area contributed by atoms with Crippen LogP contribution in [0.3, 0.4) is 0 Å². The number of carbonyl (C=O) groups excluding carboxylic acids is 2. The maximum atomic E-state index is 12.6. The molecule has 6 N–H and O–H groups in total. The molecule has 1 aromatic carbocycles. The van der Waals surface area contributed by atoms with E-state index in [-0.39, 0.29) is 53.5 Å². The SMILES string of the molecule is CN(C(=O)CC[C@H](NC(=O)c1ccc(NCc2cnc3nc(N)[nH]c(=O)c3n2)cc1)C(=O)O)C(C)(C)C. The summed E-state index contributed by atoms with van der Waals surface area (Å²) < 4.78 is 0. The van der Waals surface area contributed by atoms with Gasteiger partial charge >= 0.3 is 5.97 Å². The number of H-pyrrole nitrogens is 1. The number of hydrogen-bond donors (Lipinski definition) is 5. The molecule has 2 heterocycles. The van der Waals surface area contributed by atoms with Gasteiger partial charge < -0.3 is 26.4 Å². The number of rotatable bonds is 9. The average molecular weight is 511 g/mol. The lowest BCUT2D eigenvalue weighted by atomic mass is 10.0. The number of carbonyl (C=O) groups is 3. The fraction of sp³-hybridized carbons (Fsp3) is 0.375. The molecule has 13 heteroatoms. The van der Waals surface area contributed by atoms with Crippen LogP contribution in [0, 0.1) is 0 Å². The minimum Gasteiger partial charge on any atom is -0.480 e. The normalized spacial score (nSPS) is 12.1. The van der Waals surface area contributed by atoms with Gasteiger partial charge in [-0.15, -0.1) is 0 Å². The molecule has 0 saturated carbocycles. The van der Waals surface area contributed by atoms with E-state index in [4.69, 9.17) is 5.73 Å². The molecule has 0 fully saturated rings. The summed E-state index contributed by atoms with van der Waals surface area (Å²) in [5.41, 5.74) is 6.25. The Morgan fingerprint density at radius 1 is 1.16 bits per heavy atom. The second-order valence-corrected chi connectivity index (χ2v) is 9.44. The molecule has 0 aliphatic heterocycles. The first-order chi connectivity index (χ1) is 17.3. The number of benzene rings is 1. The lowest BCUT2D eigenvalue weighted by molar-refractivity contribution is -0.140. The highest BCUT2D eigenvalue weighted by Gasteiger charge is 2.26. The van der Waals surface area contributed by atoms with E-state index in [1.54, 1.807) is 36.2 Å².